The normalized spacial score (nSPS) is 14.4. The Labute approximate surface area is 108 Å². The van der Waals surface area contributed by atoms with Crippen LogP contribution in [0, 0.1) is 11.3 Å². The third-order valence-electron chi connectivity index (χ3n) is 3.78. The van der Waals surface area contributed by atoms with E-state index in [2.05, 4.69) is 54.5 Å². The molecule has 3 heteroatoms. The molecule has 0 unspecified atom stereocenters. The molecule has 100 valence electrons. The highest BCUT2D eigenvalue weighted by Crippen LogP contribution is 2.43. The van der Waals surface area contributed by atoms with Gasteiger partial charge in [0.25, 0.3) is 0 Å². The average Bonchev–Trinajstić information content (AvgIpc) is 2.21. The van der Waals surface area contributed by atoms with E-state index in [1.807, 2.05) is 0 Å². The Morgan fingerprint density at radius 1 is 0.941 bits per heavy atom. The number of hydrogen-bond donors (Lipinski definition) is 0. The summed E-state index contributed by atoms with van der Waals surface area (Å²) in [6, 6.07) is 2.21. The molecule has 0 bridgehead atoms. The molecule has 0 aromatic heterocycles. The molecule has 0 amide bonds. The average molecular weight is 255 g/mol. The Morgan fingerprint density at radius 3 is 1.65 bits per heavy atom. The minimum atomic E-state index is -1.75. The first-order chi connectivity index (χ1) is 7.78. The molecule has 0 aliphatic rings. The molecule has 0 aliphatic carbocycles. The van der Waals surface area contributed by atoms with E-state index >= 15 is 0 Å². The van der Waals surface area contributed by atoms with E-state index in [-0.39, 0.29) is 6.10 Å². The number of hydrogen-bond acceptors (Lipinski definition) is 2. The lowest BCUT2D eigenvalue weighted by molar-refractivity contribution is 0.183. The van der Waals surface area contributed by atoms with E-state index in [0.717, 1.165) is 6.42 Å². The van der Waals surface area contributed by atoms with Crippen LogP contribution >= 0.6 is 0 Å². The first-order valence-corrected chi connectivity index (χ1v) is 8.97. The second kappa shape index (κ2) is 7.18. The van der Waals surface area contributed by atoms with Gasteiger partial charge in [-0.15, -0.1) is 0 Å². The van der Waals surface area contributed by atoms with E-state index in [0.29, 0.717) is 23.0 Å². The predicted octanol–water partition coefficient (Wildman–Crippen LogP) is 4.87. The van der Waals surface area contributed by atoms with Crippen molar-refractivity contribution >= 4 is 8.32 Å². The predicted molar refractivity (Wildman–Crippen MR) is 76.4 cm³/mol. The number of nitriles is 1. The van der Waals surface area contributed by atoms with E-state index in [1.54, 1.807) is 0 Å². The van der Waals surface area contributed by atoms with Crippen LogP contribution in [0.4, 0.5) is 0 Å². The van der Waals surface area contributed by atoms with Crippen LogP contribution < -0.4 is 0 Å². The van der Waals surface area contributed by atoms with Gasteiger partial charge >= 0.3 is 0 Å². The van der Waals surface area contributed by atoms with Crippen LogP contribution in [0.25, 0.3) is 0 Å². The van der Waals surface area contributed by atoms with Crippen molar-refractivity contribution in [1.82, 2.24) is 0 Å². The molecule has 1 atom stereocenters. The maximum absolute atomic E-state index is 8.65. The summed E-state index contributed by atoms with van der Waals surface area (Å²) in [5, 5.41) is 8.65. The van der Waals surface area contributed by atoms with Gasteiger partial charge in [-0.1, -0.05) is 41.5 Å². The summed E-state index contributed by atoms with van der Waals surface area (Å²) in [4.78, 5) is 0. The largest absolute Gasteiger partial charge is 0.413 e. The molecule has 0 heterocycles. The van der Waals surface area contributed by atoms with Gasteiger partial charge in [0, 0.05) is 12.5 Å². The smallest absolute Gasteiger partial charge is 0.200 e. The zero-order valence-corrected chi connectivity index (χ0v) is 13.6. The van der Waals surface area contributed by atoms with Crippen molar-refractivity contribution in [2.45, 2.75) is 84.0 Å². The zero-order chi connectivity index (χ0) is 13.6. The fourth-order valence-electron chi connectivity index (χ4n) is 3.08. The first kappa shape index (κ1) is 16.7. The van der Waals surface area contributed by atoms with Gasteiger partial charge in [-0.2, -0.15) is 5.26 Å². The summed E-state index contributed by atoms with van der Waals surface area (Å²) in [5.74, 6) is 0. The maximum atomic E-state index is 8.65. The molecule has 0 saturated heterocycles. The summed E-state index contributed by atoms with van der Waals surface area (Å²) in [6.45, 7) is 15.9. The molecule has 2 nitrogen and oxygen atoms in total. The fourth-order valence-corrected chi connectivity index (χ4v) is 8.71. The molecule has 0 N–H and O–H groups in total. The van der Waals surface area contributed by atoms with Crippen molar-refractivity contribution in [2.24, 2.45) is 0 Å². The SMILES string of the molecule is CC(C)[Si](O[C@H](C)CCC#N)(C(C)C)C(C)C. The quantitative estimate of drug-likeness (QED) is 0.608. The Bertz CT molecular complexity index is 234. The Balaban J connectivity index is 4.87. The van der Waals surface area contributed by atoms with Crippen molar-refractivity contribution in [3.63, 3.8) is 0 Å². The highest BCUT2D eigenvalue weighted by atomic mass is 28.4. The molecular weight excluding hydrogens is 226 g/mol. The molecule has 0 aromatic carbocycles. The lowest BCUT2D eigenvalue weighted by Gasteiger charge is -2.44. The summed E-state index contributed by atoms with van der Waals surface area (Å²) < 4.78 is 6.51. The van der Waals surface area contributed by atoms with Crippen molar-refractivity contribution < 1.29 is 4.43 Å². The lowest BCUT2D eigenvalue weighted by atomic mass is 10.2. The monoisotopic (exact) mass is 255 g/mol. The minimum Gasteiger partial charge on any atom is -0.413 e. The van der Waals surface area contributed by atoms with Crippen LogP contribution in [-0.4, -0.2) is 14.4 Å². The van der Waals surface area contributed by atoms with Crippen LogP contribution in [0.15, 0.2) is 0 Å². The van der Waals surface area contributed by atoms with Crippen molar-refractivity contribution in [3.05, 3.63) is 0 Å². The van der Waals surface area contributed by atoms with Crippen molar-refractivity contribution in [1.29, 1.82) is 5.26 Å². The van der Waals surface area contributed by atoms with Crippen LogP contribution in [0.2, 0.25) is 16.6 Å². The van der Waals surface area contributed by atoms with E-state index in [1.165, 1.54) is 0 Å². The summed E-state index contributed by atoms with van der Waals surface area (Å²) in [5.41, 5.74) is 1.85. The van der Waals surface area contributed by atoms with Crippen molar-refractivity contribution in [3.8, 4) is 6.07 Å². The van der Waals surface area contributed by atoms with E-state index < -0.39 is 8.32 Å². The third kappa shape index (κ3) is 4.12. The Hall–Kier alpha value is -0.333. The maximum Gasteiger partial charge on any atom is 0.200 e. The zero-order valence-electron chi connectivity index (χ0n) is 12.6. The van der Waals surface area contributed by atoms with Crippen LogP contribution in [0.3, 0.4) is 0 Å². The molecule has 0 rings (SSSR count). The standard InChI is InChI=1S/C14H29NOSi/c1-11(2)17(12(3)4,13(5)6)16-14(7)9-8-10-15/h11-14H,8-9H2,1-7H3/t14-/m1/s1. The number of nitrogens with zero attached hydrogens (tertiary/aromatic N) is 1. The molecule has 0 spiro atoms. The fraction of sp³-hybridized carbons (Fsp3) is 0.929. The van der Waals surface area contributed by atoms with Gasteiger partial charge in [0.05, 0.1) is 6.07 Å². The molecule has 17 heavy (non-hydrogen) atoms. The molecule has 0 radical (unpaired) electrons. The second-order valence-corrected chi connectivity index (χ2v) is 11.3. The van der Waals surface area contributed by atoms with Crippen molar-refractivity contribution in [2.75, 3.05) is 0 Å². The van der Waals surface area contributed by atoms with Crippen LogP contribution in [0.5, 0.6) is 0 Å². The van der Waals surface area contributed by atoms with Gasteiger partial charge in [-0.25, -0.2) is 0 Å². The van der Waals surface area contributed by atoms with Gasteiger partial charge in [0.2, 0.25) is 8.32 Å². The summed E-state index contributed by atoms with van der Waals surface area (Å²) in [6.07, 6.45) is 1.67. The number of rotatable bonds is 7. The van der Waals surface area contributed by atoms with Gasteiger partial charge in [0.15, 0.2) is 0 Å². The molecule has 0 aliphatic heterocycles. The van der Waals surface area contributed by atoms with Gasteiger partial charge < -0.3 is 4.43 Å². The topological polar surface area (TPSA) is 33.0 Å². The first-order valence-electron chi connectivity index (χ1n) is 6.83. The molecule has 0 aromatic rings. The van der Waals surface area contributed by atoms with E-state index in [4.69, 9.17) is 9.69 Å². The van der Waals surface area contributed by atoms with E-state index in [9.17, 15) is 0 Å². The lowest BCUT2D eigenvalue weighted by Crippen LogP contribution is -2.49. The van der Waals surface area contributed by atoms with Crippen LogP contribution in [0.1, 0.15) is 61.3 Å². The second-order valence-electron chi connectivity index (χ2n) is 5.94. The Morgan fingerprint density at radius 2 is 1.35 bits per heavy atom. The highest BCUT2D eigenvalue weighted by Gasteiger charge is 2.45. The molecule has 0 fully saturated rings. The van der Waals surface area contributed by atoms with Gasteiger partial charge in [-0.05, 0) is 30.0 Å². The van der Waals surface area contributed by atoms with Gasteiger partial charge in [0.1, 0.15) is 0 Å². The Kier molecular flexibility index (Phi) is 7.04. The molecule has 0 saturated carbocycles. The highest BCUT2D eigenvalue weighted by molar-refractivity contribution is 6.77. The minimum absolute atomic E-state index is 0.216. The van der Waals surface area contributed by atoms with Gasteiger partial charge in [-0.3, -0.25) is 0 Å². The molecular formula is C14H29NOSi. The summed E-state index contributed by atoms with van der Waals surface area (Å²) >= 11 is 0. The van der Waals surface area contributed by atoms with Crippen LogP contribution in [-0.2, 0) is 4.43 Å². The third-order valence-corrected chi connectivity index (χ3v) is 10.00. The summed E-state index contributed by atoms with van der Waals surface area (Å²) in [7, 11) is -1.75.